The van der Waals surface area contributed by atoms with Crippen LogP contribution in [0.2, 0.25) is 0 Å². The molecule has 1 aromatic carbocycles. The Bertz CT molecular complexity index is 442. The van der Waals surface area contributed by atoms with Crippen molar-refractivity contribution in [3.8, 4) is 0 Å². The minimum atomic E-state index is -0.446. The Balaban J connectivity index is 1.87. The number of hydrogen-bond acceptors (Lipinski definition) is 3. The quantitative estimate of drug-likeness (QED) is 0.880. The Hall–Kier alpha value is -1.46. The molecule has 1 heterocycles. The Labute approximate surface area is 113 Å². The summed E-state index contributed by atoms with van der Waals surface area (Å²) in [6.07, 6.45) is 0. The lowest BCUT2D eigenvalue weighted by Crippen LogP contribution is -2.52. The fourth-order valence-electron chi connectivity index (χ4n) is 2.28. The van der Waals surface area contributed by atoms with Gasteiger partial charge in [-0.05, 0) is 13.0 Å². The molecule has 0 aromatic heterocycles. The van der Waals surface area contributed by atoms with Crippen molar-refractivity contribution >= 4 is 5.91 Å². The van der Waals surface area contributed by atoms with Gasteiger partial charge in [0.05, 0.1) is 6.04 Å². The molecule has 0 saturated carbocycles. The highest BCUT2D eigenvalue weighted by molar-refractivity contribution is 5.81. The van der Waals surface area contributed by atoms with Crippen LogP contribution in [-0.4, -0.2) is 47.9 Å². The molecule has 104 valence electrons. The maximum absolute atomic E-state index is 13.5. The standard InChI is InChI=1S/C14H20FN3O/c1-11(16)14(19)18-8-6-17(7-9-18)10-12-4-2-3-5-13(12)15/h2-5,11H,6-10,16H2,1H3/t11-/m1/s1. The van der Waals surface area contributed by atoms with Crippen LogP contribution in [0.5, 0.6) is 0 Å². The normalized spacial score (nSPS) is 18.4. The van der Waals surface area contributed by atoms with Crippen molar-refractivity contribution in [2.45, 2.75) is 19.5 Å². The molecule has 2 N–H and O–H groups in total. The fraction of sp³-hybridized carbons (Fsp3) is 0.500. The summed E-state index contributed by atoms with van der Waals surface area (Å²) < 4.78 is 13.5. The van der Waals surface area contributed by atoms with Gasteiger partial charge in [-0.25, -0.2) is 4.39 Å². The van der Waals surface area contributed by atoms with Crippen LogP contribution in [0.3, 0.4) is 0 Å². The molecule has 1 aliphatic rings. The van der Waals surface area contributed by atoms with Gasteiger partial charge in [0.25, 0.3) is 0 Å². The summed E-state index contributed by atoms with van der Waals surface area (Å²) in [5, 5.41) is 0. The largest absolute Gasteiger partial charge is 0.339 e. The number of piperazine rings is 1. The zero-order chi connectivity index (χ0) is 13.8. The van der Waals surface area contributed by atoms with Crippen LogP contribution in [0.15, 0.2) is 24.3 Å². The van der Waals surface area contributed by atoms with Crippen LogP contribution in [-0.2, 0) is 11.3 Å². The Kier molecular flexibility index (Phi) is 4.50. The van der Waals surface area contributed by atoms with E-state index in [1.165, 1.54) is 6.07 Å². The predicted molar refractivity (Wildman–Crippen MR) is 71.9 cm³/mol. The fourth-order valence-corrected chi connectivity index (χ4v) is 2.28. The Morgan fingerprint density at radius 2 is 1.95 bits per heavy atom. The molecule has 19 heavy (non-hydrogen) atoms. The molecule has 0 spiro atoms. The van der Waals surface area contributed by atoms with E-state index in [1.54, 1.807) is 24.0 Å². The molecule has 1 atom stereocenters. The maximum Gasteiger partial charge on any atom is 0.239 e. The number of amides is 1. The van der Waals surface area contributed by atoms with Gasteiger partial charge in [0.2, 0.25) is 5.91 Å². The van der Waals surface area contributed by atoms with Crippen LogP contribution >= 0.6 is 0 Å². The number of nitrogens with zero attached hydrogens (tertiary/aromatic N) is 2. The van der Waals surface area contributed by atoms with E-state index in [0.717, 1.165) is 13.1 Å². The molecule has 1 aliphatic heterocycles. The lowest BCUT2D eigenvalue weighted by molar-refractivity contribution is -0.134. The highest BCUT2D eigenvalue weighted by Gasteiger charge is 2.23. The van der Waals surface area contributed by atoms with Crippen LogP contribution in [0.25, 0.3) is 0 Å². The second-order valence-corrected chi connectivity index (χ2v) is 4.98. The number of hydrogen-bond donors (Lipinski definition) is 1. The summed E-state index contributed by atoms with van der Waals surface area (Å²) in [5.41, 5.74) is 6.29. The molecule has 0 unspecified atom stereocenters. The molecule has 0 bridgehead atoms. The van der Waals surface area contributed by atoms with Gasteiger partial charge >= 0.3 is 0 Å². The molecular weight excluding hydrogens is 245 g/mol. The van der Waals surface area contributed by atoms with Gasteiger partial charge in [-0.1, -0.05) is 18.2 Å². The predicted octanol–water partition coefficient (Wildman–Crippen LogP) is 0.817. The van der Waals surface area contributed by atoms with Gasteiger partial charge in [-0.15, -0.1) is 0 Å². The average molecular weight is 265 g/mol. The zero-order valence-corrected chi connectivity index (χ0v) is 11.2. The first-order valence-corrected chi connectivity index (χ1v) is 6.58. The molecule has 2 rings (SSSR count). The molecule has 1 fully saturated rings. The van der Waals surface area contributed by atoms with Crippen molar-refractivity contribution in [3.63, 3.8) is 0 Å². The van der Waals surface area contributed by atoms with Crippen molar-refractivity contribution in [3.05, 3.63) is 35.6 Å². The van der Waals surface area contributed by atoms with Crippen molar-refractivity contribution in [2.24, 2.45) is 5.73 Å². The lowest BCUT2D eigenvalue weighted by atomic mass is 10.2. The second kappa shape index (κ2) is 6.12. The maximum atomic E-state index is 13.5. The Morgan fingerprint density at radius 1 is 1.32 bits per heavy atom. The van der Waals surface area contributed by atoms with Gasteiger partial charge in [-0.2, -0.15) is 0 Å². The van der Waals surface area contributed by atoms with E-state index in [0.29, 0.717) is 25.2 Å². The number of carbonyl (C=O) groups excluding carboxylic acids is 1. The molecule has 1 aromatic rings. The summed E-state index contributed by atoms with van der Waals surface area (Å²) in [7, 11) is 0. The molecule has 4 nitrogen and oxygen atoms in total. The van der Waals surface area contributed by atoms with E-state index in [1.807, 2.05) is 6.07 Å². The molecule has 1 saturated heterocycles. The first-order valence-electron chi connectivity index (χ1n) is 6.58. The third-order valence-corrected chi connectivity index (χ3v) is 3.43. The molecule has 1 amide bonds. The van der Waals surface area contributed by atoms with Crippen molar-refractivity contribution in [2.75, 3.05) is 26.2 Å². The van der Waals surface area contributed by atoms with Crippen molar-refractivity contribution < 1.29 is 9.18 Å². The SMILES string of the molecule is C[C@@H](N)C(=O)N1CCN(Cc2ccccc2F)CC1. The van der Waals surface area contributed by atoms with Crippen LogP contribution in [0.4, 0.5) is 4.39 Å². The van der Waals surface area contributed by atoms with Gasteiger partial charge in [0.1, 0.15) is 5.82 Å². The zero-order valence-electron chi connectivity index (χ0n) is 11.2. The van der Waals surface area contributed by atoms with Crippen molar-refractivity contribution in [1.29, 1.82) is 0 Å². The van der Waals surface area contributed by atoms with Gasteiger partial charge in [0, 0.05) is 38.3 Å². The van der Waals surface area contributed by atoms with E-state index in [9.17, 15) is 9.18 Å². The van der Waals surface area contributed by atoms with E-state index >= 15 is 0 Å². The first kappa shape index (κ1) is 14.0. The monoisotopic (exact) mass is 265 g/mol. The van der Waals surface area contributed by atoms with Crippen LogP contribution in [0.1, 0.15) is 12.5 Å². The smallest absolute Gasteiger partial charge is 0.239 e. The number of halogens is 1. The minimum absolute atomic E-state index is 0.00876. The second-order valence-electron chi connectivity index (χ2n) is 4.98. The van der Waals surface area contributed by atoms with Gasteiger partial charge in [0.15, 0.2) is 0 Å². The average Bonchev–Trinajstić information content (AvgIpc) is 2.41. The van der Waals surface area contributed by atoms with Crippen molar-refractivity contribution in [1.82, 2.24) is 9.80 Å². The van der Waals surface area contributed by atoms with E-state index in [2.05, 4.69) is 4.90 Å². The van der Waals surface area contributed by atoms with E-state index < -0.39 is 6.04 Å². The lowest BCUT2D eigenvalue weighted by Gasteiger charge is -2.35. The summed E-state index contributed by atoms with van der Waals surface area (Å²) in [5.74, 6) is -0.179. The summed E-state index contributed by atoms with van der Waals surface area (Å²) >= 11 is 0. The molecule has 0 radical (unpaired) electrons. The Morgan fingerprint density at radius 3 is 2.53 bits per heavy atom. The van der Waals surface area contributed by atoms with E-state index in [-0.39, 0.29) is 11.7 Å². The van der Waals surface area contributed by atoms with Crippen LogP contribution < -0.4 is 5.73 Å². The number of rotatable bonds is 3. The topological polar surface area (TPSA) is 49.6 Å². The summed E-state index contributed by atoms with van der Waals surface area (Å²) in [6.45, 7) is 5.13. The summed E-state index contributed by atoms with van der Waals surface area (Å²) in [6, 6.07) is 6.37. The third kappa shape index (κ3) is 3.52. The van der Waals surface area contributed by atoms with Gasteiger partial charge < -0.3 is 10.6 Å². The summed E-state index contributed by atoms with van der Waals surface area (Å²) in [4.78, 5) is 15.7. The molecule has 5 heteroatoms. The number of benzene rings is 1. The van der Waals surface area contributed by atoms with Crippen LogP contribution in [0, 0.1) is 5.82 Å². The molecule has 0 aliphatic carbocycles. The minimum Gasteiger partial charge on any atom is -0.339 e. The highest BCUT2D eigenvalue weighted by atomic mass is 19.1. The highest BCUT2D eigenvalue weighted by Crippen LogP contribution is 2.12. The number of carbonyl (C=O) groups is 1. The van der Waals surface area contributed by atoms with Gasteiger partial charge in [-0.3, -0.25) is 9.69 Å². The first-order chi connectivity index (χ1) is 9.08. The third-order valence-electron chi connectivity index (χ3n) is 3.43. The number of nitrogens with two attached hydrogens (primary N) is 1. The molecular formula is C14H20FN3O. The van der Waals surface area contributed by atoms with E-state index in [4.69, 9.17) is 5.73 Å².